The molecule has 12 aromatic rings. The van der Waals surface area contributed by atoms with Gasteiger partial charge >= 0.3 is 17.9 Å². The summed E-state index contributed by atoms with van der Waals surface area (Å²) in [5.74, 6) is -3.06. The minimum atomic E-state index is -1.89. The number of carboxylic acid groups (broad SMARTS) is 2. The van der Waals surface area contributed by atoms with E-state index in [-0.39, 0.29) is 62.9 Å². The van der Waals surface area contributed by atoms with Crippen LogP contribution < -0.4 is 15.5 Å². The number of anilines is 3. The van der Waals surface area contributed by atoms with E-state index in [4.69, 9.17) is 79.1 Å². The van der Waals surface area contributed by atoms with Crippen molar-refractivity contribution in [2.24, 2.45) is 17.8 Å². The van der Waals surface area contributed by atoms with Crippen LogP contribution in [0.1, 0.15) is 161 Å². The second-order valence-electron chi connectivity index (χ2n) is 43.1. The number of carbonyl (C=O) groups excluding carboxylic acids is 2. The number of alkyl halides is 3. The lowest BCUT2D eigenvalue weighted by Crippen LogP contribution is -2.35. The zero-order valence-electron chi connectivity index (χ0n) is 87.6. The quantitative estimate of drug-likeness (QED) is 0.00797. The van der Waals surface area contributed by atoms with Crippen LogP contribution >= 0.6 is 0 Å². The van der Waals surface area contributed by atoms with Crippen LogP contribution in [0.4, 0.5) is 30.6 Å². The number of nitrogen functional groups attached to an aromatic ring is 1. The smallest absolute Gasteiger partial charge is 0.341 e. The zero-order chi connectivity index (χ0) is 105. The van der Waals surface area contributed by atoms with E-state index < -0.39 is 86.5 Å². The Morgan fingerprint density at radius 2 is 0.671 bits per heavy atom. The van der Waals surface area contributed by atoms with Gasteiger partial charge in [0.1, 0.15) is 55.9 Å². The van der Waals surface area contributed by atoms with E-state index in [0.29, 0.717) is 168 Å². The Morgan fingerprint density at radius 1 is 0.390 bits per heavy atom. The first kappa shape index (κ1) is 111. The van der Waals surface area contributed by atoms with Gasteiger partial charge in [-0.25, -0.2) is 42.5 Å². The number of fused-ring (bicyclic) bond motifs is 3. The number of esters is 1. The number of hydrogen-bond donors (Lipinski definition) is 3. The summed E-state index contributed by atoms with van der Waals surface area (Å²) in [7, 11) is -5.42. The lowest BCUT2D eigenvalue weighted by atomic mass is 9.77. The molecule has 4 N–H and O–H groups in total. The second-order valence-corrected chi connectivity index (χ2v) is 65.6. The Labute approximate surface area is 860 Å². The summed E-state index contributed by atoms with van der Waals surface area (Å²) < 4.78 is 92.3. The summed E-state index contributed by atoms with van der Waals surface area (Å²) in [4.78, 5) is 81.6. The average Bonchev–Trinajstić information content (AvgIpc) is 1.58. The number of carbonyl (C=O) groups is 4. The van der Waals surface area contributed by atoms with E-state index >= 15 is 4.39 Å². The predicted molar refractivity (Wildman–Crippen MR) is 582 cm³/mol. The van der Waals surface area contributed by atoms with E-state index in [9.17, 15) is 33.1 Å². The molecule has 146 heavy (non-hydrogen) atoms. The topological polar surface area (TPSA) is 335 Å². The van der Waals surface area contributed by atoms with Crippen LogP contribution in [-0.4, -0.2) is 217 Å². The molecule has 9 heterocycles. The van der Waals surface area contributed by atoms with Gasteiger partial charge in [-0.05, 0) is 147 Å². The molecule has 9 aromatic heterocycles. The van der Waals surface area contributed by atoms with E-state index in [2.05, 4.69) is 118 Å². The minimum Gasteiger partial charge on any atom is -0.494 e. The van der Waals surface area contributed by atoms with Gasteiger partial charge in [-0.15, -0.1) is 0 Å². The lowest BCUT2D eigenvalue weighted by Gasteiger charge is -2.33. The molecule has 0 radical (unpaired) electrons. The van der Waals surface area contributed by atoms with E-state index in [0.717, 1.165) is 114 Å². The molecule has 3 aliphatic carbocycles. The monoisotopic (exact) mass is 2070 g/mol. The molecule has 3 fully saturated rings. The second kappa shape index (κ2) is 50.6. The van der Waals surface area contributed by atoms with Gasteiger partial charge in [0.2, 0.25) is 0 Å². The number of aliphatic carboxylic acids is 2. The molecule has 3 aromatic carbocycles. The highest BCUT2D eigenvalue weighted by atomic mass is 28.3. The SMILES string of the molecule is C=C(OCC)c1c(C2CCC(C(F)C(=O)O)CC2)nc2c(-c3ccc(-c4ccccc4)nc3)cnn2c1N(COCC[Si](C)(C)C)COCC[Si](C)(C)C.C=C(OCC)c1c(C2CCC(C(F)C(=O)OCC)CC2)nc2c(-c3ccc(-c4ccccc4)nc3)cnn2c1N(COCC[Si](C)(C)C)COCC[Si](C)(C)C.CC(=O)c1c(C2CCC(C(F)C(=O)O)CC2)nc2c(-c3ccc(-c4ccccc4)nc3)cnn2c1N. The summed E-state index contributed by atoms with van der Waals surface area (Å²) in [5.41, 5.74) is 22.7. The summed E-state index contributed by atoms with van der Waals surface area (Å²) >= 11 is 0. The van der Waals surface area contributed by atoms with Crippen molar-refractivity contribution in [3.05, 3.63) is 212 Å². The summed E-state index contributed by atoms with van der Waals surface area (Å²) in [6, 6.07) is 46.0. The fourth-order valence-electron chi connectivity index (χ4n) is 18.9. The average molecular weight is 2070 g/mol. The van der Waals surface area contributed by atoms with Crippen molar-refractivity contribution in [2.45, 2.75) is 244 Å². The molecular weight excluding hydrogens is 1920 g/mol. The number of benzene rings is 3. The number of carboxylic acids is 2. The number of ether oxygens (including phenoxy) is 7. The molecule has 780 valence electrons. The van der Waals surface area contributed by atoms with Crippen molar-refractivity contribution < 1.29 is 75.7 Å². The first-order valence-corrected chi connectivity index (χ1v) is 66.1. The Kier molecular flexibility index (Phi) is 38.6. The first-order valence-electron chi connectivity index (χ1n) is 51.3. The fourth-order valence-corrected chi connectivity index (χ4v) is 21.9. The van der Waals surface area contributed by atoms with Crippen molar-refractivity contribution >= 4 is 102 Å². The third-order valence-electron chi connectivity index (χ3n) is 27.3. The van der Waals surface area contributed by atoms with Gasteiger partial charge in [-0.2, -0.15) is 28.8 Å². The molecule has 0 saturated heterocycles. The highest BCUT2D eigenvalue weighted by Crippen LogP contribution is 2.48. The van der Waals surface area contributed by atoms with Crippen molar-refractivity contribution in [1.82, 2.24) is 58.7 Å². The summed E-state index contributed by atoms with van der Waals surface area (Å²) in [6.45, 7) is 48.4. The molecule has 3 saturated carbocycles. The van der Waals surface area contributed by atoms with Crippen LogP contribution in [0.2, 0.25) is 103 Å². The molecule has 3 aliphatic rings. The number of nitrogens with zero attached hydrogens (tertiary/aromatic N) is 14. The van der Waals surface area contributed by atoms with E-state index in [1.807, 2.05) is 169 Å². The van der Waals surface area contributed by atoms with Gasteiger partial charge in [-0.3, -0.25) is 19.7 Å². The highest BCUT2D eigenvalue weighted by molar-refractivity contribution is 6.77. The van der Waals surface area contributed by atoms with Gasteiger partial charge in [0.15, 0.2) is 41.2 Å². The maximum absolute atomic E-state index is 15.3. The van der Waals surface area contributed by atoms with Crippen molar-refractivity contribution in [2.75, 3.05) is 88.7 Å². The summed E-state index contributed by atoms with van der Waals surface area (Å²) in [6.07, 6.45) is 11.5. The van der Waals surface area contributed by atoms with Crippen LogP contribution in [0.15, 0.2) is 178 Å². The summed E-state index contributed by atoms with van der Waals surface area (Å²) in [5, 5.41) is 32.8. The molecule has 0 aliphatic heterocycles. The molecule has 0 bridgehead atoms. The van der Waals surface area contributed by atoms with Crippen LogP contribution in [-0.2, 0) is 47.5 Å². The number of nitrogens with two attached hydrogens (primary N) is 1. The number of hydrogen-bond acceptors (Lipinski definition) is 23. The highest BCUT2D eigenvalue weighted by Gasteiger charge is 2.41. The minimum absolute atomic E-state index is 0.0552. The van der Waals surface area contributed by atoms with Crippen LogP contribution in [0.3, 0.4) is 0 Å². The Balaban J connectivity index is 0.000000187. The molecule has 15 rings (SSSR count). The molecule has 3 unspecified atom stereocenters. The number of halogens is 3. The number of pyridine rings is 3. The molecule has 28 nitrogen and oxygen atoms in total. The predicted octanol–water partition coefficient (Wildman–Crippen LogP) is 24.6. The largest absolute Gasteiger partial charge is 0.494 e. The molecule has 0 spiro atoms. The third kappa shape index (κ3) is 28.9. The lowest BCUT2D eigenvalue weighted by molar-refractivity contribution is -0.152. The zero-order valence-corrected chi connectivity index (χ0v) is 91.6. The normalized spacial score (nSPS) is 17.4. The van der Waals surface area contributed by atoms with E-state index in [1.54, 1.807) is 19.3 Å². The third-order valence-corrected chi connectivity index (χ3v) is 34.1. The first-order chi connectivity index (χ1) is 69.7. The van der Waals surface area contributed by atoms with Gasteiger partial charge in [0, 0.05) is 163 Å². The van der Waals surface area contributed by atoms with Crippen molar-refractivity contribution in [3.8, 4) is 67.2 Å². The molecule has 0 amide bonds. The Hall–Kier alpha value is -12.0. The number of ketones is 1. The van der Waals surface area contributed by atoms with Crippen molar-refractivity contribution in [1.29, 1.82) is 0 Å². The van der Waals surface area contributed by atoms with Gasteiger partial charge < -0.3 is 58.9 Å². The van der Waals surface area contributed by atoms with Gasteiger partial charge in [0.05, 0.1) is 89.3 Å². The standard InChI is InChI=1S/C43H62FN5O5Si2.C41H58FN5O5Si2.C27H26FN5O3/c1-10-53-31(3)38-40(34-19-17-33(18-20-34)39(44)43(50)54-11-2)47-41-36(35-21-22-37(45-27-35)32-15-13-12-14-16-32)28-46-49(41)42(38)48(29-51-23-25-55(4,5)6)30-52-24-26-56(7,8)9;1-9-52-29(2)36-38(32-17-15-31(16-18-32)37(42)41(48)49)45-39-34(33-19-20-35(43-25-33)30-13-11-10-12-14-30)26-44-47(39)40(36)46(27-50-21-23-53(3,4)5)28-51-22-24-54(6,7)8;1-15(34)22-24(18-9-7-17(8-10-18)23(28)27(35)36)32-26-20(14-31-33(26)25(22)29)19-11-12-21(30-13-19)16-5-3-2-4-6-16/h12-16,21-22,27-28,33-34,39H,3,10-11,17-20,23-26,29-30H2,1-2,4-9H3;10-14,19-20,25-26,31-32,37H,2,9,15-18,21-24,27-28H2,1,3-8H3,(H,48,49);2-6,11-14,17-18,23H,7-10,29H2,1H3,(H,35,36). The number of rotatable bonds is 45. The molecule has 3 atom stereocenters. The van der Waals surface area contributed by atoms with Crippen molar-refractivity contribution in [3.63, 3.8) is 0 Å². The number of aromatic nitrogens is 12. The van der Waals surface area contributed by atoms with Crippen LogP contribution in [0.25, 0.3) is 95.6 Å². The maximum Gasteiger partial charge on any atom is 0.341 e. The van der Waals surface area contributed by atoms with Crippen LogP contribution in [0.5, 0.6) is 0 Å². The maximum atomic E-state index is 15.3. The molecule has 35 heteroatoms. The Bertz CT molecular complexity index is 6340. The number of Topliss-reactive ketones (excluding diaryl/α,β-unsaturated/α-hetero) is 1. The van der Waals surface area contributed by atoms with Crippen LogP contribution in [0, 0.1) is 17.8 Å². The molecular formula is C111H146F3N15O13Si4. The van der Waals surface area contributed by atoms with Gasteiger partial charge in [-0.1, -0.05) is 201 Å². The fraction of sp³-hybridized carbons (Fsp3) is 0.468. The van der Waals surface area contributed by atoms with E-state index in [1.165, 1.54) is 11.4 Å². The Morgan fingerprint density at radius 3 is 0.938 bits per heavy atom. The van der Waals surface area contributed by atoms with Gasteiger partial charge in [0.25, 0.3) is 0 Å².